The fourth-order valence-corrected chi connectivity index (χ4v) is 3.78. The summed E-state index contributed by atoms with van der Waals surface area (Å²) in [4.78, 5) is 23.5. The van der Waals surface area contributed by atoms with E-state index in [1.165, 1.54) is 0 Å². The van der Waals surface area contributed by atoms with Crippen LogP contribution >= 0.6 is 0 Å². The molecule has 4 heterocycles. The molecule has 1 saturated heterocycles. The number of hydrogen-bond donors (Lipinski definition) is 0. The zero-order chi connectivity index (χ0) is 19.0. The fourth-order valence-electron chi connectivity index (χ4n) is 3.78. The van der Waals surface area contributed by atoms with Crippen molar-refractivity contribution in [3.63, 3.8) is 0 Å². The van der Waals surface area contributed by atoms with Crippen LogP contribution in [0.1, 0.15) is 55.7 Å². The maximum atomic E-state index is 12.8. The van der Waals surface area contributed by atoms with Gasteiger partial charge < -0.3 is 4.90 Å². The molecule has 1 amide bonds. The van der Waals surface area contributed by atoms with Crippen LogP contribution in [0.5, 0.6) is 0 Å². The van der Waals surface area contributed by atoms with Crippen molar-refractivity contribution in [2.75, 3.05) is 13.1 Å². The molecule has 0 saturated carbocycles. The number of amides is 1. The van der Waals surface area contributed by atoms with Crippen molar-refractivity contribution in [1.82, 2.24) is 24.6 Å². The first-order chi connectivity index (χ1) is 12.9. The maximum Gasteiger partial charge on any atom is 0.272 e. The first-order valence-electron chi connectivity index (χ1n) is 9.49. The van der Waals surface area contributed by atoms with Gasteiger partial charge in [0.15, 0.2) is 5.65 Å². The van der Waals surface area contributed by atoms with E-state index in [0.29, 0.717) is 12.2 Å². The fraction of sp³-hybridized carbons (Fsp3) is 0.429. The minimum absolute atomic E-state index is 0.00187. The average Bonchev–Trinajstić information content (AvgIpc) is 3.08. The molecule has 0 unspecified atom stereocenters. The second-order valence-corrected chi connectivity index (χ2v) is 8.15. The minimum Gasteiger partial charge on any atom is -0.337 e. The van der Waals surface area contributed by atoms with Gasteiger partial charge in [-0.25, -0.2) is 9.67 Å². The summed E-state index contributed by atoms with van der Waals surface area (Å²) in [5.41, 5.74) is 2.31. The second-order valence-electron chi connectivity index (χ2n) is 8.15. The van der Waals surface area contributed by atoms with Crippen LogP contribution in [-0.4, -0.2) is 43.6 Å². The number of rotatable bonds is 2. The number of carbonyl (C=O) groups is 1. The van der Waals surface area contributed by atoms with Gasteiger partial charge in [-0.1, -0.05) is 6.07 Å². The second kappa shape index (κ2) is 6.76. The number of likely N-dealkylation sites (tertiary alicyclic amines) is 1. The van der Waals surface area contributed by atoms with Gasteiger partial charge in [-0.3, -0.25) is 9.78 Å². The molecule has 0 aromatic carbocycles. The predicted octanol–water partition coefficient (Wildman–Crippen LogP) is 3.60. The highest BCUT2D eigenvalue weighted by Crippen LogP contribution is 2.33. The number of fused-ring (bicyclic) bond motifs is 1. The highest BCUT2D eigenvalue weighted by Gasteiger charge is 2.30. The molecule has 1 aliphatic rings. The van der Waals surface area contributed by atoms with E-state index in [-0.39, 0.29) is 17.4 Å². The number of carbonyl (C=O) groups excluding carboxylic acids is 1. The topological polar surface area (TPSA) is 63.9 Å². The van der Waals surface area contributed by atoms with Crippen LogP contribution in [-0.2, 0) is 5.54 Å². The van der Waals surface area contributed by atoms with Gasteiger partial charge in [0.05, 0.1) is 11.2 Å². The van der Waals surface area contributed by atoms with Crippen molar-refractivity contribution < 1.29 is 4.79 Å². The zero-order valence-corrected chi connectivity index (χ0v) is 16.1. The van der Waals surface area contributed by atoms with Crippen molar-refractivity contribution in [2.24, 2.45) is 0 Å². The van der Waals surface area contributed by atoms with Crippen molar-refractivity contribution in [3.05, 3.63) is 54.1 Å². The Labute approximate surface area is 159 Å². The van der Waals surface area contributed by atoms with E-state index in [9.17, 15) is 4.79 Å². The molecule has 3 aromatic rings. The lowest BCUT2D eigenvalue weighted by Crippen LogP contribution is -2.39. The zero-order valence-electron chi connectivity index (χ0n) is 16.1. The van der Waals surface area contributed by atoms with Gasteiger partial charge >= 0.3 is 0 Å². The molecule has 0 bridgehead atoms. The Morgan fingerprint density at radius 2 is 1.93 bits per heavy atom. The van der Waals surface area contributed by atoms with Crippen LogP contribution in [0.2, 0.25) is 0 Å². The van der Waals surface area contributed by atoms with Gasteiger partial charge in [0.2, 0.25) is 0 Å². The van der Waals surface area contributed by atoms with Crippen LogP contribution in [0, 0.1) is 0 Å². The van der Waals surface area contributed by atoms with Gasteiger partial charge in [0.1, 0.15) is 5.69 Å². The summed E-state index contributed by atoms with van der Waals surface area (Å²) in [5.74, 6) is 0.208. The quantitative estimate of drug-likeness (QED) is 0.698. The summed E-state index contributed by atoms with van der Waals surface area (Å²) >= 11 is 0. The summed E-state index contributed by atoms with van der Waals surface area (Å²) in [6.07, 6.45) is 5.47. The highest BCUT2D eigenvalue weighted by molar-refractivity contribution is 5.92. The van der Waals surface area contributed by atoms with Gasteiger partial charge in [-0.15, -0.1) is 0 Å². The SMILES string of the molecule is CC(C)(C)n1nc([C@@H]2CCCN(C(=O)c3ccccn3)C2)c2cccnc21. The first kappa shape index (κ1) is 17.6. The summed E-state index contributed by atoms with van der Waals surface area (Å²) in [6, 6.07) is 9.51. The first-order valence-corrected chi connectivity index (χ1v) is 9.49. The Bertz CT molecular complexity index is 958. The van der Waals surface area contributed by atoms with Crippen LogP contribution in [0.25, 0.3) is 11.0 Å². The average molecular weight is 363 g/mol. The van der Waals surface area contributed by atoms with E-state index in [1.54, 1.807) is 12.3 Å². The summed E-state index contributed by atoms with van der Waals surface area (Å²) in [6.45, 7) is 7.84. The molecule has 0 N–H and O–H groups in total. The van der Waals surface area contributed by atoms with Gasteiger partial charge in [0, 0.05) is 36.8 Å². The standard InChI is InChI=1S/C21H25N5O/c1-21(2,3)26-19-16(9-6-12-23-19)18(24-26)15-8-7-13-25(14-15)20(27)17-10-4-5-11-22-17/h4-6,9-12,15H,7-8,13-14H2,1-3H3/t15-/m1/s1. The van der Waals surface area contributed by atoms with Gasteiger partial charge in [-0.05, 0) is 57.9 Å². The van der Waals surface area contributed by atoms with Crippen LogP contribution in [0.3, 0.4) is 0 Å². The van der Waals surface area contributed by atoms with E-state index in [1.807, 2.05) is 34.0 Å². The number of hydrogen-bond acceptors (Lipinski definition) is 4. The maximum absolute atomic E-state index is 12.8. The molecule has 3 aromatic heterocycles. The number of pyridine rings is 2. The lowest BCUT2D eigenvalue weighted by Gasteiger charge is -2.32. The molecule has 6 heteroatoms. The van der Waals surface area contributed by atoms with E-state index in [0.717, 1.165) is 36.1 Å². The van der Waals surface area contributed by atoms with Gasteiger partial charge in [-0.2, -0.15) is 5.10 Å². The Morgan fingerprint density at radius 1 is 1.11 bits per heavy atom. The Kier molecular flexibility index (Phi) is 4.42. The molecule has 1 atom stereocenters. The number of aromatic nitrogens is 4. The molecule has 1 aliphatic heterocycles. The van der Waals surface area contributed by atoms with Crippen LogP contribution in [0.4, 0.5) is 0 Å². The summed E-state index contributed by atoms with van der Waals surface area (Å²) in [5, 5.41) is 6.04. The summed E-state index contributed by atoms with van der Waals surface area (Å²) in [7, 11) is 0. The van der Waals surface area contributed by atoms with Gasteiger partial charge in [0.25, 0.3) is 5.91 Å². The molecule has 6 nitrogen and oxygen atoms in total. The van der Waals surface area contributed by atoms with Crippen molar-refractivity contribution >= 4 is 16.9 Å². The summed E-state index contributed by atoms with van der Waals surface area (Å²) < 4.78 is 2.01. The van der Waals surface area contributed by atoms with E-state index in [4.69, 9.17) is 5.10 Å². The Balaban J connectivity index is 1.67. The van der Waals surface area contributed by atoms with E-state index >= 15 is 0 Å². The van der Waals surface area contributed by atoms with Crippen molar-refractivity contribution in [2.45, 2.75) is 45.1 Å². The van der Waals surface area contributed by atoms with E-state index in [2.05, 4.69) is 36.8 Å². The molecular formula is C21H25N5O. The molecule has 0 aliphatic carbocycles. The van der Waals surface area contributed by atoms with Crippen molar-refractivity contribution in [3.8, 4) is 0 Å². The lowest BCUT2D eigenvalue weighted by molar-refractivity contribution is 0.0699. The third kappa shape index (κ3) is 3.31. The highest BCUT2D eigenvalue weighted by atomic mass is 16.2. The molecule has 140 valence electrons. The molecular weight excluding hydrogens is 338 g/mol. The molecule has 4 rings (SSSR count). The molecule has 0 spiro atoms. The van der Waals surface area contributed by atoms with Crippen LogP contribution < -0.4 is 0 Å². The molecule has 27 heavy (non-hydrogen) atoms. The predicted molar refractivity (Wildman–Crippen MR) is 105 cm³/mol. The van der Waals surface area contributed by atoms with E-state index < -0.39 is 0 Å². The minimum atomic E-state index is -0.150. The molecule has 1 fully saturated rings. The van der Waals surface area contributed by atoms with Crippen molar-refractivity contribution in [1.29, 1.82) is 0 Å². The number of piperidine rings is 1. The third-order valence-electron chi connectivity index (χ3n) is 5.09. The lowest BCUT2D eigenvalue weighted by atomic mass is 9.93. The Morgan fingerprint density at radius 3 is 2.67 bits per heavy atom. The normalized spacial score (nSPS) is 18.0. The monoisotopic (exact) mass is 363 g/mol. The molecule has 0 radical (unpaired) electrons. The smallest absolute Gasteiger partial charge is 0.272 e. The largest absolute Gasteiger partial charge is 0.337 e. The third-order valence-corrected chi connectivity index (χ3v) is 5.09. The Hall–Kier alpha value is -2.76. The van der Waals surface area contributed by atoms with Crippen LogP contribution in [0.15, 0.2) is 42.7 Å². The number of nitrogens with zero attached hydrogens (tertiary/aromatic N) is 5.